The first-order valence-corrected chi connectivity index (χ1v) is 7.45. The summed E-state index contributed by atoms with van der Waals surface area (Å²) in [4.78, 5) is 10.5. The van der Waals surface area contributed by atoms with E-state index in [-0.39, 0.29) is 17.5 Å². The number of carboxylic acid groups (broad SMARTS) is 1. The molecule has 0 aliphatic rings. The lowest BCUT2D eigenvalue weighted by atomic mass is 10.1. The van der Waals surface area contributed by atoms with Crippen LogP contribution in [0.15, 0.2) is 17.3 Å². The SMILES string of the molecule is CC(C)CC(C)NS(=O)(=O)c1cnn(CC(=O)O)c1. The summed E-state index contributed by atoms with van der Waals surface area (Å²) in [5.41, 5.74) is 0. The second kappa shape index (κ2) is 6.16. The molecule has 0 fully saturated rings. The number of hydrogen-bond acceptors (Lipinski definition) is 4. The number of hydrogen-bond donors (Lipinski definition) is 2. The van der Waals surface area contributed by atoms with Crippen LogP contribution in [0.2, 0.25) is 0 Å². The zero-order valence-corrected chi connectivity index (χ0v) is 12.0. The highest BCUT2D eigenvalue weighted by atomic mass is 32.2. The van der Waals surface area contributed by atoms with Crippen molar-refractivity contribution >= 4 is 16.0 Å². The van der Waals surface area contributed by atoms with E-state index in [1.54, 1.807) is 6.92 Å². The third-order valence-electron chi connectivity index (χ3n) is 2.40. The molecule has 8 heteroatoms. The van der Waals surface area contributed by atoms with Gasteiger partial charge in [0.15, 0.2) is 0 Å². The van der Waals surface area contributed by atoms with E-state index in [1.807, 2.05) is 13.8 Å². The van der Waals surface area contributed by atoms with E-state index in [0.29, 0.717) is 5.92 Å². The molecule has 1 heterocycles. The highest BCUT2D eigenvalue weighted by molar-refractivity contribution is 7.89. The van der Waals surface area contributed by atoms with Gasteiger partial charge in [-0.1, -0.05) is 13.8 Å². The molecule has 0 aromatic carbocycles. The first-order valence-electron chi connectivity index (χ1n) is 5.97. The van der Waals surface area contributed by atoms with Crippen LogP contribution < -0.4 is 4.72 Å². The van der Waals surface area contributed by atoms with Gasteiger partial charge >= 0.3 is 5.97 Å². The van der Waals surface area contributed by atoms with Gasteiger partial charge in [0.25, 0.3) is 0 Å². The third kappa shape index (κ3) is 4.99. The van der Waals surface area contributed by atoms with Crippen LogP contribution in [0.5, 0.6) is 0 Å². The second-order valence-electron chi connectivity index (χ2n) is 4.92. The molecule has 19 heavy (non-hydrogen) atoms. The molecule has 0 aliphatic carbocycles. The summed E-state index contributed by atoms with van der Waals surface area (Å²) in [5, 5.41) is 12.3. The maximum atomic E-state index is 12.0. The van der Waals surface area contributed by atoms with E-state index < -0.39 is 16.0 Å². The molecule has 7 nitrogen and oxygen atoms in total. The molecular weight excluding hydrogens is 270 g/mol. The van der Waals surface area contributed by atoms with Crippen LogP contribution in [0.3, 0.4) is 0 Å². The van der Waals surface area contributed by atoms with Gasteiger partial charge < -0.3 is 5.11 Å². The van der Waals surface area contributed by atoms with Crippen molar-refractivity contribution < 1.29 is 18.3 Å². The number of carbonyl (C=O) groups is 1. The summed E-state index contributed by atoms with van der Waals surface area (Å²) in [7, 11) is -3.65. The molecule has 0 amide bonds. The van der Waals surface area contributed by atoms with Crippen molar-refractivity contribution in [2.75, 3.05) is 0 Å². The molecule has 1 aromatic rings. The van der Waals surface area contributed by atoms with E-state index >= 15 is 0 Å². The number of carboxylic acids is 1. The Kier molecular flexibility index (Phi) is 5.07. The van der Waals surface area contributed by atoms with Crippen molar-refractivity contribution in [1.29, 1.82) is 0 Å². The van der Waals surface area contributed by atoms with Crippen molar-refractivity contribution in [2.24, 2.45) is 5.92 Å². The molecule has 1 rings (SSSR count). The first-order chi connectivity index (χ1) is 8.70. The highest BCUT2D eigenvalue weighted by Crippen LogP contribution is 2.11. The maximum absolute atomic E-state index is 12.0. The van der Waals surface area contributed by atoms with E-state index in [4.69, 9.17) is 5.11 Å². The quantitative estimate of drug-likeness (QED) is 0.768. The summed E-state index contributed by atoms with van der Waals surface area (Å²) in [6, 6.07) is -0.187. The number of nitrogens with zero attached hydrogens (tertiary/aromatic N) is 2. The fourth-order valence-corrected chi connectivity index (χ4v) is 3.00. The summed E-state index contributed by atoms with van der Waals surface area (Å²) >= 11 is 0. The number of rotatable bonds is 7. The first kappa shape index (κ1) is 15.6. The lowest BCUT2D eigenvalue weighted by molar-refractivity contribution is -0.137. The van der Waals surface area contributed by atoms with Crippen LogP contribution in [0.4, 0.5) is 0 Å². The monoisotopic (exact) mass is 289 g/mol. The van der Waals surface area contributed by atoms with Crippen LogP contribution in [0, 0.1) is 5.92 Å². The van der Waals surface area contributed by atoms with Gasteiger partial charge in [-0.25, -0.2) is 13.1 Å². The van der Waals surface area contributed by atoms with Gasteiger partial charge in [0.05, 0.1) is 6.20 Å². The normalized spacial score (nSPS) is 13.7. The van der Waals surface area contributed by atoms with Crippen molar-refractivity contribution in [3.8, 4) is 0 Å². The van der Waals surface area contributed by atoms with Crippen molar-refractivity contribution in [3.63, 3.8) is 0 Å². The molecule has 0 bridgehead atoms. The minimum atomic E-state index is -3.65. The standard InChI is InChI=1S/C11H19N3O4S/c1-8(2)4-9(3)13-19(17,18)10-5-12-14(6-10)7-11(15)16/h5-6,8-9,13H,4,7H2,1-3H3,(H,15,16). The van der Waals surface area contributed by atoms with Crippen molar-refractivity contribution in [2.45, 2.75) is 44.7 Å². The predicted molar refractivity (Wildman–Crippen MR) is 69.1 cm³/mol. The van der Waals surface area contributed by atoms with Crippen LogP contribution in [-0.2, 0) is 21.4 Å². The molecule has 2 N–H and O–H groups in total. The van der Waals surface area contributed by atoms with Gasteiger partial charge in [0.2, 0.25) is 10.0 Å². The zero-order valence-electron chi connectivity index (χ0n) is 11.2. The van der Waals surface area contributed by atoms with Gasteiger partial charge in [-0.15, -0.1) is 0 Å². The van der Waals surface area contributed by atoms with Crippen LogP contribution in [0.1, 0.15) is 27.2 Å². The van der Waals surface area contributed by atoms with Crippen LogP contribution >= 0.6 is 0 Å². The van der Waals surface area contributed by atoms with Gasteiger partial charge in [-0.2, -0.15) is 5.10 Å². The number of nitrogens with one attached hydrogen (secondary N) is 1. The Morgan fingerprint density at radius 2 is 2.11 bits per heavy atom. The largest absolute Gasteiger partial charge is 0.480 e. The highest BCUT2D eigenvalue weighted by Gasteiger charge is 2.20. The Bertz CT molecular complexity index is 536. The topological polar surface area (TPSA) is 101 Å². The number of aliphatic carboxylic acids is 1. The fourth-order valence-electron chi connectivity index (χ4n) is 1.80. The van der Waals surface area contributed by atoms with Gasteiger partial charge in [-0.05, 0) is 19.3 Å². The summed E-state index contributed by atoms with van der Waals surface area (Å²) in [5.74, 6) is -0.694. The fraction of sp³-hybridized carbons (Fsp3) is 0.636. The molecule has 1 atom stereocenters. The Labute approximate surface area is 112 Å². The smallest absolute Gasteiger partial charge is 0.325 e. The number of aromatic nitrogens is 2. The predicted octanol–water partition coefficient (Wildman–Crippen LogP) is 0.681. The second-order valence-corrected chi connectivity index (χ2v) is 6.63. The van der Waals surface area contributed by atoms with Gasteiger partial charge in [0, 0.05) is 12.2 Å². The van der Waals surface area contributed by atoms with E-state index in [0.717, 1.165) is 17.3 Å². The Morgan fingerprint density at radius 1 is 1.47 bits per heavy atom. The Morgan fingerprint density at radius 3 is 2.63 bits per heavy atom. The molecule has 1 aromatic heterocycles. The van der Waals surface area contributed by atoms with Gasteiger partial charge in [-0.3, -0.25) is 9.48 Å². The minimum Gasteiger partial charge on any atom is -0.480 e. The lowest BCUT2D eigenvalue weighted by Gasteiger charge is -2.15. The van der Waals surface area contributed by atoms with E-state index in [9.17, 15) is 13.2 Å². The van der Waals surface area contributed by atoms with E-state index in [2.05, 4.69) is 9.82 Å². The molecular formula is C11H19N3O4S. The third-order valence-corrected chi connectivity index (χ3v) is 3.94. The maximum Gasteiger partial charge on any atom is 0.325 e. The molecule has 1 unspecified atom stereocenters. The Balaban J connectivity index is 2.77. The van der Waals surface area contributed by atoms with Crippen molar-refractivity contribution in [3.05, 3.63) is 12.4 Å². The average molecular weight is 289 g/mol. The molecule has 0 aliphatic heterocycles. The molecule has 108 valence electrons. The molecule has 0 radical (unpaired) electrons. The molecule has 0 saturated heterocycles. The van der Waals surface area contributed by atoms with E-state index in [1.165, 1.54) is 6.20 Å². The van der Waals surface area contributed by atoms with Gasteiger partial charge in [0.1, 0.15) is 11.4 Å². The zero-order chi connectivity index (χ0) is 14.6. The number of sulfonamides is 1. The summed E-state index contributed by atoms with van der Waals surface area (Å²) in [6.45, 7) is 5.45. The molecule has 0 saturated carbocycles. The van der Waals surface area contributed by atoms with Crippen LogP contribution in [-0.4, -0.2) is 35.3 Å². The average Bonchev–Trinajstić information content (AvgIpc) is 2.62. The molecule has 0 spiro atoms. The lowest BCUT2D eigenvalue weighted by Crippen LogP contribution is -2.33. The van der Waals surface area contributed by atoms with Crippen LogP contribution in [0.25, 0.3) is 0 Å². The summed E-state index contributed by atoms with van der Waals surface area (Å²) in [6.07, 6.45) is 3.08. The minimum absolute atomic E-state index is 0.0237. The summed E-state index contributed by atoms with van der Waals surface area (Å²) < 4.78 is 27.6. The Hall–Kier alpha value is -1.41. The van der Waals surface area contributed by atoms with Crippen molar-refractivity contribution in [1.82, 2.24) is 14.5 Å².